The summed E-state index contributed by atoms with van der Waals surface area (Å²) < 4.78 is 13.0. The van der Waals surface area contributed by atoms with Gasteiger partial charge in [0.1, 0.15) is 5.82 Å². The molecule has 0 aliphatic carbocycles. The lowest BCUT2D eigenvalue weighted by Gasteiger charge is -2.19. The van der Waals surface area contributed by atoms with E-state index in [2.05, 4.69) is 5.16 Å². The van der Waals surface area contributed by atoms with E-state index in [4.69, 9.17) is 10.9 Å². The fourth-order valence-corrected chi connectivity index (χ4v) is 1.36. The molecule has 0 radical (unpaired) electrons. The van der Waals surface area contributed by atoms with Gasteiger partial charge >= 0.3 is 0 Å². The summed E-state index contributed by atoms with van der Waals surface area (Å²) in [6.45, 7) is 2.13. The van der Waals surface area contributed by atoms with Gasteiger partial charge in [-0.05, 0) is 25.1 Å². The summed E-state index contributed by atoms with van der Waals surface area (Å²) in [6, 6.07) is 5.38. The van der Waals surface area contributed by atoms with E-state index in [0.717, 1.165) is 6.07 Å². The van der Waals surface area contributed by atoms with Gasteiger partial charge in [-0.15, -0.1) is 0 Å². The summed E-state index contributed by atoms with van der Waals surface area (Å²) in [5.41, 5.74) is 5.56. The van der Waals surface area contributed by atoms with Crippen molar-refractivity contribution in [2.45, 2.75) is 6.92 Å². The highest BCUT2D eigenvalue weighted by atomic mass is 19.1. The van der Waals surface area contributed by atoms with Crippen molar-refractivity contribution in [1.82, 2.24) is 4.90 Å². The van der Waals surface area contributed by atoms with Crippen LogP contribution < -0.4 is 5.73 Å². The van der Waals surface area contributed by atoms with Crippen molar-refractivity contribution < 1.29 is 14.4 Å². The molecule has 0 saturated carbocycles. The number of nitrogens with two attached hydrogens (primary N) is 1. The molecule has 0 unspecified atom stereocenters. The van der Waals surface area contributed by atoms with E-state index < -0.39 is 5.82 Å². The number of nitrogens with zero attached hydrogens (tertiary/aromatic N) is 2. The number of rotatable bonds is 4. The Morgan fingerprint density at radius 3 is 2.82 bits per heavy atom. The highest BCUT2D eigenvalue weighted by molar-refractivity contribution is 5.96. The Balaban J connectivity index is 2.86. The van der Waals surface area contributed by atoms with Gasteiger partial charge in [0.15, 0.2) is 5.84 Å². The zero-order valence-corrected chi connectivity index (χ0v) is 9.43. The molecule has 0 atom stereocenters. The monoisotopic (exact) mass is 239 g/mol. The topological polar surface area (TPSA) is 78.9 Å². The molecule has 0 fully saturated rings. The fourth-order valence-electron chi connectivity index (χ4n) is 1.36. The Morgan fingerprint density at radius 1 is 1.59 bits per heavy atom. The number of oxime groups is 1. The second kappa shape index (κ2) is 5.83. The molecule has 0 aromatic heterocycles. The van der Waals surface area contributed by atoms with Gasteiger partial charge in [-0.25, -0.2) is 4.39 Å². The lowest BCUT2D eigenvalue weighted by Crippen LogP contribution is -2.38. The Bertz CT molecular complexity index is 434. The predicted octanol–water partition coefficient (Wildman–Crippen LogP) is 1.03. The molecule has 5 nitrogen and oxygen atoms in total. The summed E-state index contributed by atoms with van der Waals surface area (Å²) in [6.07, 6.45) is 0. The lowest BCUT2D eigenvalue weighted by molar-refractivity contribution is 0.0785. The summed E-state index contributed by atoms with van der Waals surface area (Å²) >= 11 is 0. The smallest absolute Gasteiger partial charge is 0.254 e. The predicted molar refractivity (Wildman–Crippen MR) is 61.4 cm³/mol. The van der Waals surface area contributed by atoms with E-state index in [-0.39, 0.29) is 23.9 Å². The SMILES string of the molecule is CCN(CC(N)=NO)C(=O)c1cccc(F)c1. The largest absolute Gasteiger partial charge is 0.409 e. The van der Waals surface area contributed by atoms with Crippen LogP contribution in [0.5, 0.6) is 0 Å². The van der Waals surface area contributed by atoms with Crippen molar-refractivity contribution in [2.24, 2.45) is 10.9 Å². The minimum absolute atomic E-state index is 0.00233. The number of hydrogen-bond donors (Lipinski definition) is 2. The zero-order valence-electron chi connectivity index (χ0n) is 9.43. The number of carbonyl (C=O) groups excluding carboxylic acids is 1. The lowest BCUT2D eigenvalue weighted by atomic mass is 10.2. The molecule has 1 rings (SSSR count). The van der Waals surface area contributed by atoms with Crippen molar-refractivity contribution in [3.05, 3.63) is 35.6 Å². The number of carbonyl (C=O) groups is 1. The third kappa shape index (κ3) is 3.44. The van der Waals surface area contributed by atoms with Crippen LogP contribution in [0.25, 0.3) is 0 Å². The van der Waals surface area contributed by atoms with Crippen molar-refractivity contribution in [2.75, 3.05) is 13.1 Å². The molecule has 3 N–H and O–H groups in total. The standard InChI is InChI=1S/C11H14FN3O2/c1-2-15(7-10(13)14-17)11(16)8-4-3-5-9(12)6-8/h3-6,17H,2,7H2,1H3,(H2,13,14). The summed E-state index contributed by atoms with van der Waals surface area (Å²) in [7, 11) is 0. The second-order valence-electron chi connectivity index (χ2n) is 3.42. The molecule has 0 aliphatic heterocycles. The molecule has 0 spiro atoms. The molecule has 6 heteroatoms. The Hall–Kier alpha value is -2.11. The Kier molecular flexibility index (Phi) is 4.45. The van der Waals surface area contributed by atoms with Gasteiger partial charge in [0, 0.05) is 12.1 Å². The van der Waals surface area contributed by atoms with Crippen molar-refractivity contribution in [1.29, 1.82) is 0 Å². The summed E-state index contributed by atoms with van der Waals surface area (Å²) in [5.74, 6) is -0.911. The second-order valence-corrected chi connectivity index (χ2v) is 3.42. The number of hydrogen-bond acceptors (Lipinski definition) is 3. The van der Waals surface area contributed by atoms with Gasteiger partial charge in [0.25, 0.3) is 5.91 Å². The van der Waals surface area contributed by atoms with E-state index in [1.165, 1.54) is 23.1 Å². The highest BCUT2D eigenvalue weighted by Gasteiger charge is 2.15. The third-order valence-electron chi connectivity index (χ3n) is 2.22. The van der Waals surface area contributed by atoms with Crippen LogP contribution in [-0.2, 0) is 0 Å². The van der Waals surface area contributed by atoms with Crippen LogP contribution in [0.4, 0.5) is 4.39 Å². The molecule has 1 amide bonds. The molecule has 0 aliphatic rings. The first-order chi connectivity index (χ1) is 8.08. The number of amidine groups is 1. The molecule has 0 saturated heterocycles. The molecule has 1 aromatic rings. The number of likely N-dealkylation sites (N-methyl/N-ethyl adjacent to an activating group) is 1. The quantitative estimate of drug-likeness (QED) is 0.356. The van der Waals surface area contributed by atoms with E-state index >= 15 is 0 Å². The van der Waals surface area contributed by atoms with Crippen molar-refractivity contribution in [3.8, 4) is 0 Å². The van der Waals surface area contributed by atoms with Gasteiger partial charge in [0.2, 0.25) is 0 Å². The number of amides is 1. The first-order valence-electron chi connectivity index (χ1n) is 5.09. The van der Waals surface area contributed by atoms with Gasteiger partial charge in [-0.3, -0.25) is 4.79 Å². The number of halogens is 1. The number of benzene rings is 1. The molecule has 17 heavy (non-hydrogen) atoms. The van der Waals surface area contributed by atoms with Crippen LogP contribution >= 0.6 is 0 Å². The Labute approximate surface area is 98.3 Å². The third-order valence-corrected chi connectivity index (χ3v) is 2.22. The van der Waals surface area contributed by atoms with Crippen molar-refractivity contribution >= 4 is 11.7 Å². The van der Waals surface area contributed by atoms with Gasteiger partial charge in [0.05, 0.1) is 6.54 Å². The maximum Gasteiger partial charge on any atom is 0.254 e. The minimum Gasteiger partial charge on any atom is -0.409 e. The van der Waals surface area contributed by atoms with Crippen LogP contribution in [0.3, 0.4) is 0 Å². The normalized spacial score (nSPS) is 11.3. The summed E-state index contributed by atoms with van der Waals surface area (Å²) in [5, 5.41) is 11.2. The molecule has 92 valence electrons. The first kappa shape index (κ1) is 13.0. The van der Waals surface area contributed by atoms with Crippen LogP contribution in [0.2, 0.25) is 0 Å². The van der Waals surface area contributed by atoms with Crippen molar-refractivity contribution in [3.63, 3.8) is 0 Å². The van der Waals surface area contributed by atoms with Crippen LogP contribution in [-0.4, -0.2) is 34.9 Å². The molecule has 0 bridgehead atoms. The highest BCUT2D eigenvalue weighted by Crippen LogP contribution is 2.07. The fraction of sp³-hybridized carbons (Fsp3) is 0.273. The average Bonchev–Trinajstić information content (AvgIpc) is 2.34. The van der Waals surface area contributed by atoms with E-state index in [1.807, 2.05) is 0 Å². The Morgan fingerprint density at radius 2 is 2.29 bits per heavy atom. The van der Waals surface area contributed by atoms with E-state index in [9.17, 15) is 9.18 Å². The van der Waals surface area contributed by atoms with E-state index in [0.29, 0.717) is 6.54 Å². The molecular formula is C11H14FN3O2. The van der Waals surface area contributed by atoms with Crippen LogP contribution in [0, 0.1) is 5.82 Å². The van der Waals surface area contributed by atoms with Gasteiger partial charge in [-0.1, -0.05) is 11.2 Å². The first-order valence-corrected chi connectivity index (χ1v) is 5.09. The maximum absolute atomic E-state index is 13.0. The van der Waals surface area contributed by atoms with Gasteiger partial charge < -0.3 is 15.8 Å². The molecule has 1 aromatic carbocycles. The zero-order chi connectivity index (χ0) is 12.8. The summed E-state index contributed by atoms with van der Waals surface area (Å²) in [4.78, 5) is 13.3. The molecule has 0 heterocycles. The van der Waals surface area contributed by atoms with E-state index in [1.54, 1.807) is 6.92 Å². The minimum atomic E-state index is -0.476. The maximum atomic E-state index is 13.0. The van der Waals surface area contributed by atoms with Crippen LogP contribution in [0.15, 0.2) is 29.4 Å². The van der Waals surface area contributed by atoms with Crippen LogP contribution in [0.1, 0.15) is 17.3 Å². The van der Waals surface area contributed by atoms with Gasteiger partial charge in [-0.2, -0.15) is 0 Å². The molecular weight excluding hydrogens is 225 g/mol. The average molecular weight is 239 g/mol.